The van der Waals surface area contributed by atoms with E-state index in [4.69, 9.17) is 21.3 Å². The highest BCUT2D eigenvalue weighted by atomic mass is 79.9. The van der Waals surface area contributed by atoms with Crippen LogP contribution in [-0.4, -0.2) is 97.5 Å². The van der Waals surface area contributed by atoms with E-state index in [-0.39, 0.29) is 0 Å². The second-order valence-corrected chi connectivity index (χ2v) is 17.7. The van der Waals surface area contributed by atoms with Crippen molar-refractivity contribution in [1.29, 1.82) is 0 Å². The molecule has 7 rings (SSSR count). The summed E-state index contributed by atoms with van der Waals surface area (Å²) in [5.41, 5.74) is 4.71. The first-order chi connectivity index (χ1) is 23.6. The van der Waals surface area contributed by atoms with Crippen molar-refractivity contribution in [3.63, 3.8) is 0 Å². The summed E-state index contributed by atoms with van der Waals surface area (Å²) in [6.07, 6.45) is 6.17. The zero-order chi connectivity index (χ0) is 34.3. The average molecular weight is 745 g/mol. The van der Waals surface area contributed by atoms with Gasteiger partial charge in [-0.1, -0.05) is 6.07 Å². The largest absolute Gasteiger partial charge is 0.495 e. The number of nitrogens with one attached hydrogen (secondary N) is 2. The SMILES string of the molecule is [C-]#[N+]c1cc(Nc2ncc(Br)c(Nc3ccc4nc(C5CC5)ccc4c3P(C)(C)=O)n2)c(OC)cc1N1CCC(N2CCN(C)CC2)CC1. The van der Waals surface area contributed by atoms with Gasteiger partial charge in [0.25, 0.3) is 0 Å². The second kappa shape index (κ2) is 13.9. The first-order valence-electron chi connectivity index (χ1n) is 16.9. The Morgan fingerprint density at radius 2 is 1.71 bits per heavy atom. The number of anilines is 5. The summed E-state index contributed by atoms with van der Waals surface area (Å²) < 4.78 is 20.1. The van der Waals surface area contributed by atoms with Crippen molar-refractivity contribution in [2.45, 2.75) is 37.6 Å². The Hall–Kier alpha value is -3.75. The van der Waals surface area contributed by atoms with Gasteiger partial charge in [-0.2, -0.15) is 4.98 Å². The second-order valence-electron chi connectivity index (χ2n) is 13.7. The zero-order valence-corrected chi connectivity index (χ0v) is 31.0. The van der Waals surface area contributed by atoms with Crippen LogP contribution >= 0.6 is 23.1 Å². The molecule has 0 atom stereocenters. The first kappa shape index (κ1) is 33.7. The van der Waals surface area contributed by atoms with Crippen LogP contribution in [0.3, 0.4) is 0 Å². The molecule has 2 N–H and O–H groups in total. The number of rotatable bonds is 9. The van der Waals surface area contributed by atoms with E-state index < -0.39 is 7.14 Å². The van der Waals surface area contributed by atoms with Gasteiger partial charge in [0.15, 0.2) is 0 Å². The van der Waals surface area contributed by atoms with Crippen molar-refractivity contribution >= 4 is 73.8 Å². The van der Waals surface area contributed by atoms with Crippen molar-refractivity contribution in [3.8, 4) is 5.75 Å². The van der Waals surface area contributed by atoms with Gasteiger partial charge < -0.3 is 29.7 Å². The summed E-state index contributed by atoms with van der Waals surface area (Å²) in [6, 6.07) is 12.4. The third kappa shape index (κ3) is 7.27. The van der Waals surface area contributed by atoms with E-state index in [0.717, 1.165) is 79.7 Å². The molecule has 13 heteroatoms. The highest BCUT2D eigenvalue weighted by Gasteiger charge is 2.29. The number of piperazine rings is 1. The van der Waals surface area contributed by atoms with Crippen LogP contribution in [0.15, 0.2) is 47.1 Å². The summed E-state index contributed by atoms with van der Waals surface area (Å²) >= 11 is 3.60. The molecule has 3 aliphatic rings. The Morgan fingerprint density at radius 1 is 0.959 bits per heavy atom. The quantitative estimate of drug-likeness (QED) is 0.136. The van der Waals surface area contributed by atoms with Crippen LogP contribution in [0.2, 0.25) is 0 Å². The third-order valence-electron chi connectivity index (χ3n) is 9.92. The summed E-state index contributed by atoms with van der Waals surface area (Å²) in [5.74, 6) is 1.99. The van der Waals surface area contributed by atoms with Crippen LogP contribution in [0, 0.1) is 6.57 Å². The van der Waals surface area contributed by atoms with Crippen LogP contribution in [0.25, 0.3) is 15.7 Å². The van der Waals surface area contributed by atoms with Crippen LogP contribution in [0.1, 0.15) is 37.3 Å². The molecule has 4 aromatic rings. The Morgan fingerprint density at radius 3 is 2.39 bits per heavy atom. The molecule has 3 fully saturated rings. The van der Waals surface area contributed by atoms with Crippen LogP contribution in [0.5, 0.6) is 5.75 Å². The predicted octanol–water partition coefficient (Wildman–Crippen LogP) is 7.18. The Balaban J connectivity index is 1.12. The van der Waals surface area contributed by atoms with Crippen LogP contribution in [-0.2, 0) is 4.57 Å². The molecule has 49 heavy (non-hydrogen) atoms. The Bertz CT molecular complexity index is 1960. The fourth-order valence-corrected chi connectivity index (χ4v) is 8.85. The minimum Gasteiger partial charge on any atom is -0.495 e. The molecule has 1 saturated carbocycles. The number of methoxy groups -OCH3 is 1. The Kier molecular flexibility index (Phi) is 9.55. The average Bonchev–Trinajstić information content (AvgIpc) is 3.95. The number of aromatic nitrogens is 3. The van der Waals surface area contributed by atoms with Crippen molar-refractivity contribution in [1.82, 2.24) is 24.8 Å². The molecule has 4 heterocycles. The van der Waals surface area contributed by atoms with Gasteiger partial charge in [-0.15, -0.1) is 0 Å². The lowest BCUT2D eigenvalue weighted by molar-refractivity contribution is 0.0982. The summed E-state index contributed by atoms with van der Waals surface area (Å²) in [6.45, 7) is 17.9. The number of benzene rings is 2. The predicted molar refractivity (Wildman–Crippen MR) is 203 cm³/mol. The van der Waals surface area contributed by atoms with E-state index in [1.807, 2.05) is 24.3 Å². The number of halogens is 1. The number of hydrogen-bond donors (Lipinski definition) is 2. The molecule has 2 saturated heterocycles. The first-order valence-corrected chi connectivity index (χ1v) is 20.3. The van der Waals surface area contributed by atoms with Crippen molar-refractivity contribution < 1.29 is 9.30 Å². The molecule has 11 nitrogen and oxygen atoms in total. The summed E-state index contributed by atoms with van der Waals surface area (Å²) in [7, 11) is 1.10. The van der Waals surface area contributed by atoms with E-state index in [9.17, 15) is 4.57 Å². The highest BCUT2D eigenvalue weighted by molar-refractivity contribution is 9.10. The minimum absolute atomic E-state index is 0.329. The van der Waals surface area contributed by atoms with Crippen molar-refractivity contribution in [2.75, 3.05) is 82.3 Å². The van der Waals surface area contributed by atoms with Crippen molar-refractivity contribution in [3.05, 3.63) is 64.2 Å². The number of nitrogens with zero attached hydrogens (tertiary/aromatic N) is 7. The molecule has 0 unspecified atom stereocenters. The maximum atomic E-state index is 13.7. The Labute approximate surface area is 296 Å². The molecule has 0 spiro atoms. The summed E-state index contributed by atoms with van der Waals surface area (Å²) in [4.78, 5) is 25.4. The van der Waals surface area contributed by atoms with E-state index in [2.05, 4.69) is 70.3 Å². The molecule has 2 aliphatic heterocycles. The van der Waals surface area contributed by atoms with E-state index in [1.54, 1.807) is 26.6 Å². The van der Waals surface area contributed by atoms with E-state index in [1.165, 1.54) is 12.8 Å². The fourth-order valence-electron chi connectivity index (χ4n) is 7.08. The van der Waals surface area contributed by atoms with Gasteiger partial charge in [0.05, 0.1) is 35.0 Å². The smallest absolute Gasteiger partial charge is 0.229 e. The third-order valence-corrected chi connectivity index (χ3v) is 12.1. The van der Waals surface area contributed by atoms with Gasteiger partial charge in [-0.25, -0.2) is 9.83 Å². The maximum Gasteiger partial charge on any atom is 0.229 e. The molecule has 1 aliphatic carbocycles. The lowest BCUT2D eigenvalue weighted by Gasteiger charge is -2.43. The molecule has 0 bridgehead atoms. The van der Waals surface area contributed by atoms with Gasteiger partial charge in [-0.3, -0.25) is 9.88 Å². The lowest BCUT2D eigenvalue weighted by atomic mass is 10.0. The highest BCUT2D eigenvalue weighted by Crippen LogP contribution is 2.44. The molecule has 2 aromatic heterocycles. The number of piperidine rings is 1. The molecule has 256 valence electrons. The standard InChI is InChI=1S/C36H43BrN9O2P/c1-38-30-20-31(33(48-3)21-32(30)46-14-12-24(13-15-46)45-18-16-44(2)17-19-45)42-36-39-22-26(37)35(43-36)41-29-11-10-28-25(34(29)49(4,5)47)8-9-27(40-28)23-6-7-23/h8-11,20-24H,6-7,12-19H2,2-5H3,(H2,39,41,42,43). The van der Waals surface area contributed by atoms with Gasteiger partial charge in [0, 0.05) is 79.5 Å². The van der Waals surface area contributed by atoms with Crippen LogP contribution < -0.4 is 25.6 Å². The van der Waals surface area contributed by atoms with Gasteiger partial charge in [0.1, 0.15) is 18.7 Å². The lowest BCUT2D eigenvalue weighted by Crippen LogP contribution is -2.52. The van der Waals surface area contributed by atoms with E-state index >= 15 is 0 Å². The molecule has 0 amide bonds. The normalized spacial score (nSPS) is 18.0. The van der Waals surface area contributed by atoms with Gasteiger partial charge in [-0.05, 0) is 92.3 Å². The monoisotopic (exact) mass is 743 g/mol. The minimum atomic E-state index is -2.72. The number of likely N-dealkylation sites (N-methyl/N-ethyl adjacent to an activating group) is 1. The van der Waals surface area contributed by atoms with Crippen molar-refractivity contribution in [2.24, 2.45) is 0 Å². The fraction of sp³-hybridized carbons (Fsp3) is 0.444. The number of hydrogen-bond acceptors (Lipinski definition) is 10. The molecule has 0 radical (unpaired) electrons. The topological polar surface area (TPSA) is 103 Å². The maximum absolute atomic E-state index is 13.7. The van der Waals surface area contributed by atoms with Gasteiger partial charge >= 0.3 is 0 Å². The molecular formula is C36H43BrN9O2P. The number of ether oxygens (including phenoxy) is 1. The number of fused-ring (bicyclic) bond motifs is 1. The number of pyridine rings is 1. The molecule has 2 aromatic carbocycles. The zero-order valence-electron chi connectivity index (χ0n) is 28.5. The van der Waals surface area contributed by atoms with Crippen LogP contribution in [0.4, 0.5) is 34.5 Å². The summed E-state index contributed by atoms with van der Waals surface area (Å²) in [5, 5.41) is 8.33. The molecular weight excluding hydrogens is 701 g/mol. The van der Waals surface area contributed by atoms with Gasteiger partial charge in [0.2, 0.25) is 11.6 Å². The van der Waals surface area contributed by atoms with E-state index in [0.29, 0.717) is 51.0 Å².